The zero-order chi connectivity index (χ0) is 20.9. The first-order chi connectivity index (χ1) is 14.6. The van der Waals surface area contributed by atoms with Gasteiger partial charge in [-0.05, 0) is 54.8 Å². The van der Waals surface area contributed by atoms with Crippen LogP contribution < -0.4 is 10.2 Å². The Morgan fingerprint density at radius 3 is 2.77 bits per heavy atom. The van der Waals surface area contributed by atoms with Gasteiger partial charge < -0.3 is 10.2 Å². The molecule has 4 rings (SSSR count). The topological polar surface area (TPSA) is 102 Å². The molecule has 0 radical (unpaired) electrons. The molecular formula is C20H23ClN8O. The number of piperidine rings is 1. The van der Waals surface area contributed by atoms with Gasteiger partial charge in [-0.2, -0.15) is 4.80 Å². The first kappa shape index (κ1) is 20.2. The quantitative estimate of drug-likeness (QED) is 0.646. The zero-order valence-corrected chi connectivity index (χ0v) is 17.4. The number of nitrogens with zero attached hydrogens (tertiary/aromatic N) is 7. The van der Waals surface area contributed by atoms with Crippen LogP contribution in [0.3, 0.4) is 0 Å². The van der Waals surface area contributed by atoms with E-state index in [1.54, 1.807) is 30.6 Å². The monoisotopic (exact) mass is 426 g/mol. The molecule has 1 saturated heterocycles. The van der Waals surface area contributed by atoms with Gasteiger partial charge in [0.2, 0.25) is 17.7 Å². The van der Waals surface area contributed by atoms with Crippen molar-refractivity contribution < 1.29 is 4.79 Å². The van der Waals surface area contributed by atoms with Gasteiger partial charge in [0.25, 0.3) is 0 Å². The van der Waals surface area contributed by atoms with Crippen LogP contribution in [0.1, 0.15) is 32.2 Å². The summed E-state index contributed by atoms with van der Waals surface area (Å²) >= 11 is 5.93. The third-order valence-electron chi connectivity index (χ3n) is 5.10. The second-order valence-corrected chi connectivity index (χ2v) is 7.64. The molecule has 1 amide bonds. The minimum Gasteiger partial charge on any atom is -0.350 e. The van der Waals surface area contributed by atoms with E-state index in [2.05, 4.69) is 35.6 Å². The molecule has 30 heavy (non-hydrogen) atoms. The van der Waals surface area contributed by atoms with Crippen LogP contribution in [0.15, 0.2) is 42.7 Å². The Kier molecular flexibility index (Phi) is 6.18. The van der Waals surface area contributed by atoms with Crippen molar-refractivity contribution in [1.29, 1.82) is 0 Å². The van der Waals surface area contributed by atoms with Gasteiger partial charge in [0.1, 0.15) is 0 Å². The lowest BCUT2D eigenvalue weighted by molar-refractivity contribution is -0.125. The van der Waals surface area contributed by atoms with E-state index in [4.69, 9.17) is 11.6 Å². The Balaban J connectivity index is 1.42. The molecule has 10 heteroatoms. The van der Waals surface area contributed by atoms with Crippen LogP contribution in [0.4, 0.5) is 5.95 Å². The lowest BCUT2D eigenvalue weighted by Gasteiger charge is -2.33. The summed E-state index contributed by atoms with van der Waals surface area (Å²) in [6.45, 7) is 3.48. The van der Waals surface area contributed by atoms with E-state index < -0.39 is 6.04 Å². The van der Waals surface area contributed by atoms with Crippen LogP contribution in [0, 0.1) is 0 Å². The number of benzene rings is 1. The van der Waals surface area contributed by atoms with E-state index in [9.17, 15) is 4.79 Å². The standard InChI is InChI=1S/C20H23ClN8O/c1-2-17(29-26-18(25-27-29)14-6-8-15(21)9-7-14)19(30)24-16-5-3-12-28(13-16)20-22-10-4-11-23-20/h4,6-11,16-17H,2-3,5,12-13H2,1H3,(H,24,30). The number of anilines is 1. The van der Waals surface area contributed by atoms with Crippen molar-refractivity contribution in [3.63, 3.8) is 0 Å². The lowest BCUT2D eigenvalue weighted by atomic mass is 10.1. The summed E-state index contributed by atoms with van der Waals surface area (Å²) < 4.78 is 0. The van der Waals surface area contributed by atoms with Crippen LogP contribution in [0.25, 0.3) is 11.4 Å². The van der Waals surface area contributed by atoms with Gasteiger partial charge in [0.15, 0.2) is 6.04 Å². The molecule has 0 aliphatic carbocycles. The smallest absolute Gasteiger partial charge is 0.247 e. The summed E-state index contributed by atoms with van der Waals surface area (Å²) in [6, 6.07) is 8.48. The van der Waals surface area contributed by atoms with Crippen molar-refractivity contribution in [1.82, 2.24) is 35.5 Å². The second kappa shape index (κ2) is 9.17. The minimum absolute atomic E-state index is 0.0170. The maximum absolute atomic E-state index is 13.0. The highest BCUT2D eigenvalue weighted by molar-refractivity contribution is 6.30. The van der Waals surface area contributed by atoms with E-state index >= 15 is 0 Å². The zero-order valence-electron chi connectivity index (χ0n) is 16.6. The van der Waals surface area contributed by atoms with Crippen molar-refractivity contribution in [3.05, 3.63) is 47.7 Å². The van der Waals surface area contributed by atoms with Gasteiger partial charge in [-0.1, -0.05) is 18.5 Å². The molecule has 2 atom stereocenters. The first-order valence-corrected chi connectivity index (χ1v) is 10.4. The largest absolute Gasteiger partial charge is 0.350 e. The third kappa shape index (κ3) is 4.56. The number of hydrogen-bond acceptors (Lipinski definition) is 7. The number of tetrazole rings is 1. The van der Waals surface area contributed by atoms with Gasteiger partial charge in [-0.3, -0.25) is 4.79 Å². The summed E-state index contributed by atoms with van der Waals surface area (Å²) in [5.74, 6) is 1.04. The first-order valence-electron chi connectivity index (χ1n) is 10.0. The number of carbonyl (C=O) groups excluding carboxylic acids is 1. The van der Waals surface area contributed by atoms with E-state index in [-0.39, 0.29) is 11.9 Å². The number of hydrogen-bond donors (Lipinski definition) is 1. The average molecular weight is 427 g/mol. The predicted octanol–water partition coefficient (Wildman–Crippen LogP) is 2.52. The van der Waals surface area contributed by atoms with Gasteiger partial charge in [0, 0.05) is 42.1 Å². The molecule has 1 N–H and O–H groups in total. The second-order valence-electron chi connectivity index (χ2n) is 7.21. The number of amides is 1. The molecule has 0 bridgehead atoms. The number of aromatic nitrogens is 6. The molecule has 3 heterocycles. The summed E-state index contributed by atoms with van der Waals surface area (Å²) in [5, 5.41) is 16.4. The van der Waals surface area contributed by atoms with Crippen molar-refractivity contribution in [2.75, 3.05) is 18.0 Å². The maximum Gasteiger partial charge on any atom is 0.247 e. The molecule has 9 nitrogen and oxygen atoms in total. The van der Waals surface area contributed by atoms with Crippen molar-refractivity contribution >= 4 is 23.5 Å². The molecule has 1 aliphatic rings. The van der Waals surface area contributed by atoms with Crippen molar-refractivity contribution in [3.8, 4) is 11.4 Å². The van der Waals surface area contributed by atoms with Crippen LogP contribution in [-0.2, 0) is 4.79 Å². The highest BCUT2D eigenvalue weighted by Crippen LogP contribution is 2.20. The number of nitrogens with one attached hydrogen (secondary N) is 1. The van der Waals surface area contributed by atoms with Gasteiger partial charge in [-0.15, -0.1) is 10.2 Å². The highest BCUT2D eigenvalue weighted by Gasteiger charge is 2.27. The molecule has 1 aromatic carbocycles. The van der Waals surface area contributed by atoms with Gasteiger partial charge >= 0.3 is 0 Å². The average Bonchev–Trinajstić information content (AvgIpc) is 3.25. The molecular weight excluding hydrogens is 404 g/mol. The van der Waals surface area contributed by atoms with E-state index in [0.29, 0.717) is 29.8 Å². The number of carbonyl (C=O) groups is 1. The minimum atomic E-state index is -0.526. The fourth-order valence-corrected chi connectivity index (χ4v) is 3.68. The highest BCUT2D eigenvalue weighted by atomic mass is 35.5. The molecule has 3 aromatic rings. The van der Waals surface area contributed by atoms with E-state index in [1.165, 1.54) is 4.80 Å². The van der Waals surface area contributed by atoms with E-state index in [1.807, 2.05) is 19.1 Å². The molecule has 156 valence electrons. The normalized spacial score (nSPS) is 17.5. The van der Waals surface area contributed by atoms with Gasteiger partial charge in [0.05, 0.1) is 0 Å². The molecule has 2 aromatic heterocycles. The Hall–Kier alpha value is -3.07. The van der Waals surface area contributed by atoms with Crippen LogP contribution >= 0.6 is 11.6 Å². The van der Waals surface area contributed by atoms with Crippen LogP contribution in [0.5, 0.6) is 0 Å². The maximum atomic E-state index is 13.0. The summed E-state index contributed by atoms with van der Waals surface area (Å²) in [7, 11) is 0. The van der Waals surface area contributed by atoms with Gasteiger partial charge in [-0.25, -0.2) is 9.97 Å². The summed E-state index contributed by atoms with van der Waals surface area (Å²) in [4.78, 5) is 25.1. The van der Waals surface area contributed by atoms with Crippen LogP contribution in [0.2, 0.25) is 5.02 Å². The fraction of sp³-hybridized carbons (Fsp3) is 0.400. The molecule has 0 spiro atoms. The summed E-state index contributed by atoms with van der Waals surface area (Å²) in [5.41, 5.74) is 0.798. The fourth-order valence-electron chi connectivity index (χ4n) is 3.55. The van der Waals surface area contributed by atoms with Crippen molar-refractivity contribution in [2.24, 2.45) is 0 Å². The molecule has 2 unspecified atom stereocenters. The number of halogens is 1. The molecule has 1 fully saturated rings. The van der Waals surface area contributed by atoms with Crippen molar-refractivity contribution in [2.45, 2.75) is 38.3 Å². The lowest BCUT2D eigenvalue weighted by Crippen LogP contribution is -2.50. The Bertz CT molecular complexity index is 978. The Morgan fingerprint density at radius 2 is 2.03 bits per heavy atom. The Morgan fingerprint density at radius 1 is 1.27 bits per heavy atom. The third-order valence-corrected chi connectivity index (χ3v) is 5.35. The molecule has 0 saturated carbocycles. The SMILES string of the molecule is CCC(C(=O)NC1CCCN(c2ncccn2)C1)n1nnc(-c2ccc(Cl)cc2)n1. The molecule has 1 aliphatic heterocycles. The van der Waals surface area contributed by atoms with Crippen LogP contribution in [-0.4, -0.2) is 55.2 Å². The Labute approximate surface area is 179 Å². The van der Waals surface area contributed by atoms with E-state index in [0.717, 1.165) is 24.9 Å². The number of rotatable bonds is 6. The summed E-state index contributed by atoms with van der Waals surface area (Å²) in [6.07, 6.45) is 5.88. The predicted molar refractivity (Wildman–Crippen MR) is 113 cm³/mol.